The molecule has 0 spiro atoms. The van der Waals surface area contributed by atoms with Crippen molar-refractivity contribution in [3.63, 3.8) is 0 Å². The molecule has 33 heavy (non-hydrogen) atoms. The standard InChI is InChI=1S/C24H32F2N6S/c1-15-5-6-17-12-19(16(2)30-18-7-9-29-22(13-18)33(3,4)28)23(31-20(17)11-15)32-10-8-24(25,26)21(27)14-32/h7,9,12-13,15,21H,2-6,8,10-11,14,27-28H2,1H3,(H,29,30). The molecule has 2 aromatic rings. The Balaban J connectivity index is 1.70. The second kappa shape index (κ2) is 8.70. The monoisotopic (exact) mass is 474 g/mol. The van der Waals surface area contributed by atoms with Crippen LogP contribution in [0.15, 0.2) is 36.0 Å². The zero-order valence-corrected chi connectivity index (χ0v) is 19.8. The molecular formula is C24H32F2N6S. The van der Waals surface area contributed by atoms with Gasteiger partial charge >= 0.3 is 0 Å². The van der Waals surface area contributed by atoms with Gasteiger partial charge in [-0.1, -0.05) is 25.2 Å². The van der Waals surface area contributed by atoms with Gasteiger partial charge in [-0.3, -0.25) is 5.14 Å². The van der Waals surface area contributed by atoms with E-state index in [0.29, 0.717) is 22.5 Å². The third kappa shape index (κ3) is 5.05. The Kier molecular flexibility index (Phi) is 6.24. The normalized spacial score (nSPS) is 22.5. The van der Waals surface area contributed by atoms with E-state index in [1.807, 2.05) is 17.0 Å². The van der Waals surface area contributed by atoms with E-state index in [1.165, 1.54) is 5.56 Å². The molecule has 1 saturated heterocycles. The molecule has 4 rings (SSSR count). The first-order valence-corrected chi connectivity index (χ1v) is 13.1. The summed E-state index contributed by atoms with van der Waals surface area (Å²) in [4.78, 5) is 11.1. The molecule has 0 bridgehead atoms. The highest BCUT2D eigenvalue weighted by Crippen LogP contribution is 2.36. The fourth-order valence-electron chi connectivity index (χ4n) is 4.35. The quantitative estimate of drug-likeness (QED) is 0.572. The van der Waals surface area contributed by atoms with Crippen molar-refractivity contribution in [3.05, 3.63) is 47.8 Å². The number of hydrogen-bond donors (Lipinski definition) is 3. The SMILES string of the molecule is C=C(Nc1ccnc(S(=C)(=C)N)c1)c1cc2c(nc1N1CCC(F)(F)C(N)C1)CC(C)CC2. The van der Waals surface area contributed by atoms with E-state index in [1.54, 1.807) is 6.20 Å². The number of piperidine rings is 1. The van der Waals surface area contributed by atoms with Gasteiger partial charge in [0.1, 0.15) is 5.82 Å². The largest absolute Gasteiger partial charge is 0.355 e. The van der Waals surface area contributed by atoms with Crippen LogP contribution in [0.2, 0.25) is 0 Å². The Bertz CT molecular complexity index is 1180. The molecule has 1 aliphatic heterocycles. The summed E-state index contributed by atoms with van der Waals surface area (Å²) in [5, 5.41) is 10.00. The lowest BCUT2D eigenvalue weighted by Gasteiger charge is -2.38. The number of nitrogens with two attached hydrogens (primary N) is 2. The third-order valence-electron chi connectivity index (χ3n) is 6.37. The van der Waals surface area contributed by atoms with E-state index in [-0.39, 0.29) is 19.5 Å². The van der Waals surface area contributed by atoms with Crippen LogP contribution < -0.4 is 21.1 Å². The van der Waals surface area contributed by atoms with E-state index in [4.69, 9.17) is 15.9 Å². The Labute approximate surface area is 194 Å². The van der Waals surface area contributed by atoms with E-state index < -0.39 is 21.4 Å². The van der Waals surface area contributed by atoms with Crippen LogP contribution in [0.4, 0.5) is 20.3 Å². The molecule has 1 aliphatic carbocycles. The van der Waals surface area contributed by atoms with Gasteiger partial charge in [-0.05, 0) is 48.9 Å². The smallest absolute Gasteiger partial charge is 0.266 e. The van der Waals surface area contributed by atoms with Crippen LogP contribution in [0, 0.1) is 5.92 Å². The number of pyridine rings is 2. The lowest BCUT2D eigenvalue weighted by atomic mass is 9.87. The number of halogens is 2. The molecule has 2 aliphatic rings. The second-order valence-corrected chi connectivity index (χ2v) is 11.6. The summed E-state index contributed by atoms with van der Waals surface area (Å²) in [5.41, 5.74) is 10.2. The van der Waals surface area contributed by atoms with Gasteiger partial charge < -0.3 is 16.0 Å². The van der Waals surface area contributed by atoms with Gasteiger partial charge in [0.25, 0.3) is 5.92 Å². The maximum Gasteiger partial charge on any atom is 0.266 e. The van der Waals surface area contributed by atoms with Gasteiger partial charge in [0.2, 0.25) is 0 Å². The molecule has 0 radical (unpaired) electrons. The van der Waals surface area contributed by atoms with Crippen molar-refractivity contribution in [1.82, 2.24) is 9.97 Å². The van der Waals surface area contributed by atoms with Crippen LogP contribution in [0.1, 0.15) is 36.6 Å². The predicted molar refractivity (Wildman–Crippen MR) is 136 cm³/mol. The van der Waals surface area contributed by atoms with E-state index in [9.17, 15) is 8.78 Å². The van der Waals surface area contributed by atoms with Gasteiger partial charge in [0.15, 0.2) is 0 Å². The lowest BCUT2D eigenvalue weighted by molar-refractivity contribution is -0.0394. The molecule has 0 aromatic carbocycles. The first kappa shape index (κ1) is 23.7. The van der Waals surface area contributed by atoms with E-state index in [0.717, 1.165) is 36.2 Å². The fraction of sp³-hybridized carbons (Fsp3) is 0.417. The maximum atomic E-state index is 14.1. The van der Waals surface area contributed by atoms with Gasteiger partial charge in [-0.15, -0.1) is 9.39 Å². The van der Waals surface area contributed by atoms with Crippen molar-refractivity contribution in [1.29, 1.82) is 0 Å². The number of fused-ring (bicyclic) bond motifs is 1. The summed E-state index contributed by atoms with van der Waals surface area (Å²) in [6.07, 6.45) is 4.25. The topological polar surface area (TPSA) is 93.1 Å². The second-order valence-electron chi connectivity index (χ2n) is 9.31. The summed E-state index contributed by atoms with van der Waals surface area (Å²) in [7, 11) is -1.97. The first-order chi connectivity index (χ1) is 15.4. The van der Waals surface area contributed by atoms with Crippen LogP contribution >= 0.6 is 9.39 Å². The van der Waals surface area contributed by atoms with Gasteiger partial charge in [0.05, 0.1) is 11.1 Å². The van der Waals surface area contributed by atoms with Crippen molar-refractivity contribution >= 4 is 38.3 Å². The van der Waals surface area contributed by atoms with Crippen molar-refractivity contribution in [2.45, 2.75) is 49.6 Å². The van der Waals surface area contributed by atoms with Crippen LogP contribution in [-0.4, -0.2) is 46.8 Å². The Hall–Kier alpha value is -2.49. The zero-order chi connectivity index (χ0) is 24.0. The minimum Gasteiger partial charge on any atom is -0.355 e. The van der Waals surface area contributed by atoms with Crippen molar-refractivity contribution in [2.75, 3.05) is 23.3 Å². The third-order valence-corrected chi connectivity index (χ3v) is 7.42. The molecule has 0 amide bonds. The van der Waals surface area contributed by atoms with Gasteiger partial charge in [-0.2, -0.15) is 0 Å². The number of hydrogen-bond acceptors (Lipinski definition) is 6. The highest BCUT2D eigenvalue weighted by Gasteiger charge is 2.42. The molecule has 3 heterocycles. The van der Waals surface area contributed by atoms with Crippen LogP contribution in [0.3, 0.4) is 0 Å². The summed E-state index contributed by atoms with van der Waals surface area (Å²) >= 11 is 0. The highest BCUT2D eigenvalue weighted by atomic mass is 32.2. The Morgan fingerprint density at radius 2 is 2.09 bits per heavy atom. The van der Waals surface area contributed by atoms with E-state index >= 15 is 0 Å². The average Bonchev–Trinajstić information content (AvgIpc) is 2.74. The lowest BCUT2D eigenvalue weighted by Crippen LogP contribution is -2.55. The molecule has 0 saturated carbocycles. The Morgan fingerprint density at radius 1 is 1.33 bits per heavy atom. The molecule has 6 nitrogen and oxygen atoms in total. The molecule has 5 N–H and O–H groups in total. The minimum atomic E-state index is -2.87. The van der Waals surface area contributed by atoms with Crippen molar-refractivity contribution in [3.8, 4) is 0 Å². The summed E-state index contributed by atoms with van der Waals surface area (Å²) in [6.45, 7) is 6.68. The summed E-state index contributed by atoms with van der Waals surface area (Å²) in [6, 6.07) is 4.48. The number of nitrogens with zero attached hydrogens (tertiary/aromatic N) is 3. The average molecular weight is 475 g/mol. The van der Waals surface area contributed by atoms with Crippen molar-refractivity contribution in [2.24, 2.45) is 16.8 Å². The summed E-state index contributed by atoms with van der Waals surface area (Å²) in [5.74, 6) is 6.14. The zero-order valence-electron chi connectivity index (χ0n) is 19.0. The molecule has 9 heteroatoms. The van der Waals surface area contributed by atoms with Crippen LogP contribution in [0.5, 0.6) is 0 Å². The predicted octanol–water partition coefficient (Wildman–Crippen LogP) is 3.76. The number of aromatic nitrogens is 2. The number of rotatable bonds is 5. The maximum absolute atomic E-state index is 14.1. The molecule has 2 atom stereocenters. The molecular weight excluding hydrogens is 442 g/mol. The molecule has 1 fully saturated rings. The first-order valence-electron chi connectivity index (χ1n) is 11.0. The highest BCUT2D eigenvalue weighted by molar-refractivity contribution is 8.25. The number of alkyl halides is 2. The number of anilines is 2. The molecule has 2 unspecified atom stereocenters. The van der Waals surface area contributed by atoms with Crippen LogP contribution in [-0.2, 0) is 12.8 Å². The molecule has 178 valence electrons. The summed E-state index contributed by atoms with van der Waals surface area (Å²) < 4.78 is 28.1. The number of nitrogens with one attached hydrogen (secondary N) is 1. The molecule has 2 aromatic heterocycles. The van der Waals surface area contributed by atoms with E-state index in [2.05, 4.69) is 41.6 Å². The Morgan fingerprint density at radius 3 is 2.79 bits per heavy atom. The van der Waals surface area contributed by atoms with Gasteiger partial charge in [-0.25, -0.2) is 18.7 Å². The van der Waals surface area contributed by atoms with Crippen LogP contribution in [0.25, 0.3) is 5.70 Å². The van der Waals surface area contributed by atoms with Gasteiger partial charge in [0, 0.05) is 48.3 Å². The number of aryl methyl sites for hydroxylation is 1. The van der Waals surface area contributed by atoms with Crippen molar-refractivity contribution < 1.29 is 8.78 Å². The minimum absolute atomic E-state index is 0.0378. The fourth-order valence-corrected chi connectivity index (χ4v) is 4.98.